The zero-order valence-electron chi connectivity index (χ0n) is 20.3. The molecule has 0 saturated heterocycles. The Bertz CT molecular complexity index is 410. The smallest absolute Gasteiger partial charge is 0.115 e. The molecule has 0 aromatic carbocycles. The fourth-order valence-electron chi connectivity index (χ4n) is 3.51. The van der Waals surface area contributed by atoms with Gasteiger partial charge in [-0.15, -0.1) is 0 Å². The van der Waals surface area contributed by atoms with Crippen molar-refractivity contribution in [3.8, 4) is 0 Å². The zero-order chi connectivity index (χ0) is 22.8. The van der Waals surface area contributed by atoms with Gasteiger partial charge in [-0.25, -0.2) is 0 Å². The second-order valence-electron chi connectivity index (χ2n) is 9.68. The molecule has 0 aromatic rings. The number of hydrogen-bond acceptors (Lipinski definition) is 5. The maximum atomic E-state index is 9.77. The monoisotopic (exact) mass is 430 g/mol. The average Bonchev–Trinajstić information content (AvgIpc) is 2.67. The van der Waals surface area contributed by atoms with Gasteiger partial charge in [0.2, 0.25) is 0 Å². The van der Waals surface area contributed by atoms with Crippen LogP contribution in [0.5, 0.6) is 0 Å². The van der Waals surface area contributed by atoms with E-state index in [0.29, 0.717) is 0 Å². The number of rotatable bonds is 20. The van der Waals surface area contributed by atoms with Gasteiger partial charge in [-0.3, -0.25) is 0 Å². The summed E-state index contributed by atoms with van der Waals surface area (Å²) in [6, 6.07) is 0. The summed E-state index contributed by atoms with van der Waals surface area (Å²) in [7, 11) is 0. The molecule has 0 amide bonds. The second-order valence-corrected chi connectivity index (χ2v) is 9.68. The van der Waals surface area contributed by atoms with Crippen LogP contribution in [0.15, 0.2) is 11.8 Å². The predicted molar refractivity (Wildman–Crippen MR) is 124 cm³/mol. The molecule has 0 heterocycles. The summed E-state index contributed by atoms with van der Waals surface area (Å²) >= 11 is 0. The first-order valence-electron chi connectivity index (χ1n) is 12.1. The molecule has 4 atom stereocenters. The highest BCUT2D eigenvalue weighted by molar-refractivity contribution is 4.92. The quantitative estimate of drug-likeness (QED) is 0.235. The third-order valence-electron chi connectivity index (χ3n) is 5.54. The first kappa shape index (κ1) is 29.4. The lowest BCUT2D eigenvalue weighted by molar-refractivity contribution is -0.0380. The lowest BCUT2D eigenvalue weighted by Crippen LogP contribution is -2.26. The van der Waals surface area contributed by atoms with Crippen molar-refractivity contribution in [1.82, 2.24) is 0 Å². The van der Waals surface area contributed by atoms with E-state index in [1.165, 1.54) is 56.9 Å². The van der Waals surface area contributed by atoms with Crippen LogP contribution < -0.4 is 0 Å². The van der Waals surface area contributed by atoms with Gasteiger partial charge in [0.05, 0.1) is 26.1 Å². The molecular formula is C25H50O5. The molecule has 4 unspecified atom stereocenters. The number of aliphatic hydroxyl groups excluding tert-OH is 3. The highest BCUT2D eigenvalue weighted by atomic mass is 16.5. The predicted octanol–water partition coefficient (Wildman–Crippen LogP) is 5.08. The fourth-order valence-corrected chi connectivity index (χ4v) is 3.51. The van der Waals surface area contributed by atoms with Crippen molar-refractivity contribution < 1.29 is 24.8 Å². The van der Waals surface area contributed by atoms with Crippen LogP contribution in [-0.2, 0) is 9.47 Å². The van der Waals surface area contributed by atoms with E-state index in [1.54, 1.807) is 6.26 Å². The summed E-state index contributed by atoms with van der Waals surface area (Å²) in [5, 5.41) is 27.6. The van der Waals surface area contributed by atoms with E-state index >= 15 is 0 Å². The summed E-state index contributed by atoms with van der Waals surface area (Å²) in [4.78, 5) is 0. The summed E-state index contributed by atoms with van der Waals surface area (Å²) in [6.45, 7) is 11.4. The van der Waals surface area contributed by atoms with Crippen molar-refractivity contribution in [3.05, 3.63) is 11.8 Å². The summed E-state index contributed by atoms with van der Waals surface area (Å²) in [5.41, 5.74) is 1.18. The molecule has 0 aliphatic rings. The molecule has 0 spiro atoms. The van der Waals surface area contributed by atoms with Crippen molar-refractivity contribution in [1.29, 1.82) is 0 Å². The Balaban J connectivity index is 3.70. The standard InChI is InChI=1S/C25H50O5/c1-20(2)9-6-10-21(3)11-7-12-22(4)13-8-14-23(5)16-29-18-25(28)19-30-17-24(27)15-26/h16,20-22,24-28H,6-15,17-19H2,1-5H3/b23-16+. The molecule has 0 saturated carbocycles. The molecule has 5 heteroatoms. The number of hydrogen-bond donors (Lipinski definition) is 3. The topological polar surface area (TPSA) is 79.2 Å². The van der Waals surface area contributed by atoms with Gasteiger partial charge in [0, 0.05) is 0 Å². The molecule has 0 aliphatic heterocycles. The highest BCUT2D eigenvalue weighted by Crippen LogP contribution is 2.22. The summed E-state index contributed by atoms with van der Waals surface area (Å²) < 4.78 is 10.5. The van der Waals surface area contributed by atoms with E-state index in [1.807, 2.05) is 0 Å². The van der Waals surface area contributed by atoms with Crippen molar-refractivity contribution in [3.63, 3.8) is 0 Å². The Morgan fingerprint density at radius 1 is 0.767 bits per heavy atom. The minimum atomic E-state index is -0.902. The van der Waals surface area contributed by atoms with Crippen LogP contribution in [0.3, 0.4) is 0 Å². The van der Waals surface area contributed by atoms with E-state index in [0.717, 1.165) is 24.2 Å². The van der Waals surface area contributed by atoms with Crippen LogP contribution >= 0.6 is 0 Å². The minimum absolute atomic E-state index is 0.0116. The van der Waals surface area contributed by atoms with E-state index in [2.05, 4.69) is 34.6 Å². The Morgan fingerprint density at radius 2 is 1.30 bits per heavy atom. The molecule has 0 rings (SSSR count). The Hall–Kier alpha value is -0.620. The van der Waals surface area contributed by atoms with Crippen molar-refractivity contribution in [2.75, 3.05) is 26.4 Å². The Morgan fingerprint density at radius 3 is 1.87 bits per heavy atom. The summed E-state index contributed by atoms with van der Waals surface area (Å²) in [6.07, 6.45) is 11.7. The van der Waals surface area contributed by atoms with Crippen molar-refractivity contribution in [2.24, 2.45) is 17.8 Å². The van der Waals surface area contributed by atoms with E-state index < -0.39 is 12.2 Å². The molecule has 0 bridgehead atoms. The summed E-state index contributed by atoms with van der Waals surface area (Å²) in [5.74, 6) is 2.46. The maximum absolute atomic E-state index is 9.77. The fraction of sp³-hybridized carbons (Fsp3) is 0.920. The van der Waals surface area contributed by atoms with Gasteiger partial charge in [-0.2, -0.15) is 0 Å². The van der Waals surface area contributed by atoms with Crippen LogP contribution in [-0.4, -0.2) is 54.0 Å². The number of ether oxygens (including phenoxy) is 2. The van der Waals surface area contributed by atoms with Crippen LogP contribution in [0.4, 0.5) is 0 Å². The van der Waals surface area contributed by atoms with E-state index in [-0.39, 0.29) is 26.4 Å². The van der Waals surface area contributed by atoms with Crippen LogP contribution in [0.25, 0.3) is 0 Å². The van der Waals surface area contributed by atoms with Gasteiger partial charge < -0.3 is 24.8 Å². The highest BCUT2D eigenvalue weighted by Gasteiger charge is 2.08. The first-order valence-corrected chi connectivity index (χ1v) is 12.1. The van der Waals surface area contributed by atoms with E-state index in [4.69, 9.17) is 19.7 Å². The van der Waals surface area contributed by atoms with Crippen molar-refractivity contribution in [2.45, 2.75) is 105 Å². The minimum Gasteiger partial charge on any atom is -0.498 e. The molecule has 180 valence electrons. The van der Waals surface area contributed by atoms with Gasteiger partial charge in [-0.1, -0.05) is 72.6 Å². The third-order valence-corrected chi connectivity index (χ3v) is 5.54. The Labute approximate surface area is 185 Å². The molecule has 0 radical (unpaired) electrons. The van der Waals surface area contributed by atoms with Crippen LogP contribution in [0.2, 0.25) is 0 Å². The van der Waals surface area contributed by atoms with Crippen LogP contribution in [0, 0.1) is 17.8 Å². The average molecular weight is 431 g/mol. The molecule has 0 aliphatic carbocycles. The van der Waals surface area contributed by atoms with Gasteiger partial charge in [0.15, 0.2) is 0 Å². The number of aliphatic hydroxyl groups is 3. The Kier molecular flexibility index (Phi) is 18.7. The zero-order valence-corrected chi connectivity index (χ0v) is 20.3. The molecular weight excluding hydrogens is 380 g/mol. The second kappa shape index (κ2) is 19.1. The lowest BCUT2D eigenvalue weighted by Gasteiger charge is -2.15. The molecule has 3 N–H and O–H groups in total. The van der Waals surface area contributed by atoms with E-state index in [9.17, 15) is 5.11 Å². The van der Waals surface area contributed by atoms with Crippen molar-refractivity contribution >= 4 is 0 Å². The lowest BCUT2D eigenvalue weighted by atomic mass is 9.91. The third kappa shape index (κ3) is 19.3. The van der Waals surface area contributed by atoms with Gasteiger partial charge in [0.25, 0.3) is 0 Å². The first-order chi connectivity index (χ1) is 14.2. The molecule has 0 aromatic heterocycles. The van der Waals surface area contributed by atoms with Gasteiger partial charge >= 0.3 is 0 Å². The van der Waals surface area contributed by atoms with Crippen LogP contribution in [0.1, 0.15) is 92.4 Å². The molecule has 5 nitrogen and oxygen atoms in total. The SMILES string of the molecule is C/C(=C\OCC(O)COCC(O)CO)CCCC(C)CCCC(C)CCCC(C)C. The maximum Gasteiger partial charge on any atom is 0.115 e. The largest absolute Gasteiger partial charge is 0.498 e. The molecule has 0 fully saturated rings. The number of allylic oxidation sites excluding steroid dienone is 1. The molecule has 30 heavy (non-hydrogen) atoms. The van der Waals surface area contributed by atoms with Gasteiger partial charge in [0.1, 0.15) is 18.8 Å². The normalized spacial score (nSPS) is 16.5. The van der Waals surface area contributed by atoms with Gasteiger partial charge in [-0.05, 0) is 43.1 Å².